The largest absolute Gasteiger partial charge is 0.433 e. The number of hydrogen-bond donors (Lipinski definition) is 2. The molecule has 2 heterocycles. The van der Waals surface area contributed by atoms with E-state index in [-0.39, 0.29) is 21.6 Å². The number of fused-ring (bicyclic) bond motifs is 1. The zero-order valence-electron chi connectivity index (χ0n) is 17.6. The molecular weight excluding hydrogens is 567 g/mol. The van der Waals surface area contributed by atoms with Crippen LogP contribution in [-0.2, 0) is 20.8 Å². The minimum Gasteiger partial charge on any atom is -0.323 e. The molecule has 0 aliphatic heterocycles. The third-order valence-electron chi connectivity index (χ3n) is 4.89. The fourth-order valence-electron chi connectivity index (χ4n) is 3.39. The van der Waals surface area contributed by atoms with Crippen LogP contribution in [0.25, 0.3) is 16.7 Å². The first-order valence-corrected chi connectivity index (χ1v) is 13.7. The number of sulfonamides is 1. The zero-order chi connectivity index (χ0) is 26.5. The van der Waals surface area contributed by atoms with Crippen LogP contribution in [0.5, 0.6) is 0 Å². The summed E-state index contributed by atoms with van der Waals surface area (Å²) in [5.41, 5.74) is -0.909. The molecule has 0 bridgehead atoms. The quantitative estimate of drug-likeness (QED) is 0.305. The summed E-state index contributed by atoms with van der Waals surface area (Å²) in [4.78, 5) is 25.8. The molecule has 0 aliphatic rings. The molecule has 0 radical (unpaired) electrons. The molecule has 0 spiro atoms. The van der Waals surface area contributed by atoms with Gasteiger partial charge in [-0.1, -0.05) is 23.2 Å². The molecule has 0 unspecified atom stereocenters. The van der Waals surface area contributed by atoms with Gasteiger partial charge in [0.05, 0.1) is 16.1 Å². The Balaban J connectivity index is 1.82. The Hall–Kier alpha value is -2.67. The van der Waals surface area contributed by atoms with Gasteiger partial charge in [0.1, 0.15) is 24.1 Å². The van der Waals surface area contributed by atoms with Crippen LogP contribution >= 0.6 is 30.8 Å². The van der Waals surface area contributed by atoms with Gasteiger partial charge in [-0.15, -0.1) is 0 Å². The minimum absolute atomic E-state index is 0.00666. The van der Waals surface area contributed by atoms with Gasteiger partial charge in [-0.05, 0) is 42.5 Å². The molecule has 36 heavy (non-hydrogen) atoms. The van der Waals surface area contributed by atoms with Crippen molar-refractivity contribution in [3.63, 3.8) is 0 Å². The second-order valence-electron chi connectivity index (χ2n) is 7.45. The molecule has 190 valence electrons. The number of alkyl halides is 3. The Morgan fingerprint density at radius 3 is 2.28 bits per heavy atom. The van der Waals surface area contributed by atoms with E-state index in [2.05, 4.69) is 9.97 Å². The molecule has 0 amide bonds. The topological polar surface area (TPSA) is 126 Å². The SMILES string of the molecule is O=P(O)(O)CN(c1ccc2c(ccn2-c2cc(C(F)(F)F)ncn2)c1)S(=O)(=O)c1cc(Cl)cc(Cl)c1. The van der Waals surface area contributed by atoms with Crippen LogP contribution in [0.1, 0.15) is 5.69 Å². The van der Waals surface area contributed by atoms with E-state index in [9.17, 15) is 35.9 Å². The lowest BCUT2D eigenvalue weighted by Crippen LogP contribution is -2.32. The van der Waals surface area contributed by atoms with Crippen molar-refractivity contribution < 1.29 is 35.9 Å². The van der Waals surface area contributed by atoms with Gasteiger partial charge < -0.3 is 14.4 Å². The average Bonchev–Trinajstić information content (AvgIpc) is 3.19. The maximum atomic E-state index is 13.3. The fraction of sp³-hybridized carbons (Fsp3) is 0.100. The Morgan fingerprint density at radius 2 is 1.67 bits per heavy atom. The molecule has 16 heteroatoms. The van der Waals surface area contributed by atoms with Gasteiger partial charge in [-0.2, -0.15) is 13.2 Å². The van der Waals surface area contributed by atoms with Crippen LogP contribution in [0.4, 0.5) is 18.9 Å². The average molecular weight is 581 g/mol. The molecular formula is C20H14Cl2F3N4O5PS. The standard InChI is InChI=1S/C20H14Cl2F3N4O5PS/c21-13-6-14(22)8-16(7-13)36(33,34)29(11-35(30,31)32)15-1-2-17-12(5-15)3-4-28(17)19-9-18(20(23,24)25)26-10-27-19/h1-10H,11H2,(H2,30,31,32). The minimum atomic E-state index is -4.90. The second-order valence-corrected chi connectivity index (χ2v) is 11.8. The first-order chi connectivity index (χ1) is 16.6. The molecule has 2 N–H and O–H groups in total. The van der Waals surface area contributed by atoms with Gasteiger partial charge in [0.15, 0.2) is 0 Å². The van der Waals surface area contributed by atoms with Crippen LogP contribution < -0.4 is 4.31 Å². The predicted octanol–water partition coefficient (Wildman–Crippen LogP) is 5.08. The molecule has 9 nitrogen and oxygen atoms in total. The first kappa shape index (κ1) is 26.4. The molecule has 0 saturated heterocycles. The van der Waals surface area contributed by atoms with Crippen molar-refractivity contribution in [1.29, 1.82) is 0 Å². The monoisotopic (exact) mass is 580 g/mol. The van der Waals surface area contributed by atoms with Crippen molar-refractivity contribution in [3.05, 3.63) is 76.8 Å². The van der Waals surface area contributed by atoms with E-state index in [4.69, 9.17) is 23.2 Å². The Kier molecular flexibility index (Phi) is 6.84. The van der Waals surface area contributed by atoms with Crippen molar-refractivity contribution >= 4 is 57.4 Å². The lowest BCUT2D eigenvalue weighted by Gasteiger charge is -2.25. The maximum Gasteiger partial charge on any atom is 0.433 e. The van der Waals surface area contributed by atoms with Crippen molar-refractivity contribution in [1.82, 2.24) is 14.5 Å². The highest BCUT2D eigenvalue weighted by Crippen LogP contribution is 2.41. The fourth-order valence-corrected chi connectivity index (χ4v) is 6.80. The van der Waals surface area contributed by atoms with Crippen molar-refractivity contribution in [2.75, 3.05) is 10.6 Å². The molecule has 2 aromatic heterocycles. The predicted molar refractivity (Wildman–Crippen MR) is 127 cm³/mol. The number of benzene rings is 2. The van der Waals surface area contributed by atoms with E-state index >= 15 is 0 Å². The third kappa shape index (κ3) is 5.51. The second kappa shape index (κ2) is 9.33. The van der Waals surface area contributed by atoms with Gasteiger partial charge in [0.2, 0.25) is 0 Å². The van der Waals surface area contributed by atoms with E-state index in [1.807, 2.05) is 0 Å². The van der Waals surface area contributed by atoms with Gasteiger partial charge in [-0.3, -0.25) is 8.87 Å². The lowest BCUT2D eigenvalue weighted by atomic mass is 10.2. The summed E-state index contributed by atoms with van der Waals surface area (Å²) in [7, 11) is -9.45. The molecule has 4 aromatic rings. The van der Waals surface area contributed by atoms with Gasteiger partial charge >= 0.3 is 13.8 Å². The number of anilines is 1. The molecule has 2 aromatic carbocycles. The van der Waals surface area contributed by atoms with Crippen LogP contribution in [0.2, 0.25) is 10.0 Å². The van der Waals surface area contributed by atoms with Crippen LogP contribution in [0.15, 0.2) is 66.0 Å². The highest BCUT2D eigenvalue weighted by atomic mass is 35.5. The number of aromatic nitrogens is 3. The normalized spacial score (nSPS) is 12.8. The van der Waals surface area contributed by atoms with E-state index < -0.39 is 40.7 Å². The Labute approximate surface area is 211 Å². The smallest absolute Gasteiger partial charge is 0.323 e. The molecule has 0 aliphatic carbocycles. The van der Waals surface area contributed by atoms with Crippen LogP contribution in [-0.4, -0.2) is 39.0 Å². The molecule has 0 atom stereocenters. The molecule has 0 saturated carbocycles. The molecule has 4 rings (SSSR count). The van der Waals surface area contributed by atoms with Crippen LogP contribution in [0, 0.1) is 0 Å². The Bertz CT molecular complexity index is 1610. The van der Waals surface area contributed by atoms with Gasteiger partial charge in [0, 0.05) is 27.7 Å². The highest BCUT2D eigenvalue weighted by Gasteiger charge is 2.34. The number of rotatable bonds is 6. The third-order valence-corrected chi connectivity index (χ3v) is 7.92. The summed E-state index contributed by atoms with van der Waals surface area (Å²) in [6, 6.07) is 9.64. The molecule has 0 fully saturated rings. The van der Waals surface area contributed by atoms with E-state index in [1.54, 1.807) is 0 Å². The number of nitrogens with zero attached hydrogens (tertiary/aromatic N) is 4. The van der Waals surface area contributed by atoms with E-state index in [1.165, 1.54) is 41.1 Å². The summed E-state index contributed by atoms with van der Waals surface area (Å²) in [5.74, 6) is -0.0895. The highest BCUT2D eigenvalue weighted by molar-refractivity contribution is 7.93. The summed E-state index contributed by atoms with van der Waals surface area (Å²) in [6.07, 6.45) is -3.70. The van der Waals surface area contributed by atoms with Crippen molar-refractivity contribution in [2.24, 2.45) is 0 Å². The van der Waals surface area contributed by atoms with Crippen molar-refractivity contribution in [3.8, 4) is 5.82 Å². The van der Waals surface area contributed by atoms with Gasteiger partial charge in [-0.25, -0.2) is 18.4 Å². The number of halogens is 5. The Morgan fingerprint density at radius 1 is 1.00 bits per heavy atom. The number of hydrogen-bond acceptors (Lipinski definition) is 5. The zero-order valence-corrected chi connectivity index (χ0v) is 20.9. The first-order valence-electron chi connectivity index (χ1n) is 9.69. The van der Waals surface area contributed by atoms with Gasteiger partial charge in [0.25, 0.3) is 10.0 Å². The van der Waals surface area contributed by atoms with E-state index in [0.717, 1.165) is 24.5 Å². The van der Waals surface area contributed by atoms with Crippen molar-refractivity contribution in [2.45, 2.75) is 11.1 Å². The van der Waals surface area contributed by atoms with E-state index in [0.29, 0.717) is 15.2 Å². The summed E-state index contributed by atoms with van der Waals surface area (Å²) >= 11 is 11.8. The lowest BCUT2D eigenvalue weighted by molar-refractivity contribution is -0.141. The van der Waals surface area contributed by atoms with Crippen LogP contribution in [0.3, 0.4) is 0 Å². The summed E-state index contributed by atoms with van der Waals surface area (Å²) in [5, 5.41) is 0.343. The summed E-state index contributed by atoms with van der Waals surface area (Å²) < 4.78 is 79.5. The maximum absolute atomic E-state index is 13.3. The summed E-state index contributed by atoms with van der Waals surface area (Å²) in [6.45, 7) is 0.